The molecule has 0 atom stereocenters. The van der Waals surface area contributed by atoms with Gasteiger partial charge in [-0.15, -0.1) is 0 Å². The SMILES string of the molecule is O=C(Nc1ccc2ncn(Cc3ccc(Cl)cc3)c(=O)c2c1)c1ccc(Cc2ncc[nH]2)o1. The Morgan fingerprint density at radius 3 is 2.73 bits per heavy atom. The molecule has 5 rings (SSSR count). The number of amides is 1. The van der Waals surface area contributed by atoms with Gasteiger partial charge in [0.05, 0.1) is 30.2 Å². The number of carbonyl (C=O) groups is 1. The van der Waals surface area contributed by atoms with Gasteiger partial charge in [0.15, 0.2) is 5.76 Å². The van der Waals surface area contributed by atoms with Crippen LogP contribution in [-0.4, -0.2) is 25.4 Å². The van der Waals surface area contributed by atoms with Crippen LogP contribution in [0.15, 0.2) is 82.5 Å². The zero-order valence-electron chi connectivity index (χ0n) is 17.3. The Morgan fingerprint density at radius 2 is 1.94 bits per heavy atom. The van der Waals surface area contributed by atoms with Crippen molar-refractivity contribution >= 4 is 34.1 Å². The maximum Gasteiger partial charge on any atom is 0.291 e. The second kappa shape index (κ2) is 8.76. The first-order valence-corrected chi connectivity index (χ1v) is 10.5. The molecule has 0 spiro atoms. The molecule has 0 aliphatic carbocycles. The number of benzene rings is 2. The van der Waals surface area contributed by atoms with Crippen molar-refractivity contribution in [2.45, 2.75) is 13.0 Å². The van der Waals surface area contributed by atoms with Gasteiger partial charge < -0.3 is 14.7 Å². The molecule has 0 radical (unpaired) electrons. The van der Waals surface area contributed by atoms with E-state index in [9.17, 15) is 9.59 Å². The van der Waals surface area contributed by atoms with Gasteiger partial charge in [-0.25, -0.2) is 9.97 Å². The summed E-state index contributed by atoms with van der Waals surface area (Å²) in [7, 11) is 0. The van der Waals surface area contributed by atoms with Gasteiger partial charge in [0.25, 0.3) is 11.5 Å². The number of furan rings is 1. The van der Waals surface area contributed by atoms with E-state index in [1.807, 2.05) is 12.1 Å². The van der Waals surface area contributed by atoms with Gasteiger partial charge in [0.2, 0.25) is 0 Å². The molecule has 0 aliphatic heterocycles. The van der Waals surface area contributed by atoms with E-state index >= 15 is 0 Å². The lowest BCUT2D eigenvalue weighted by Crippen LogP contribution is -2.21. The number of nitrogens with one attached hydrogen (secondary N) is 2. The molecule has 9 heteroatoms. The lowest BCUT2D eigenvalue weighted by atomic mass is 10.2. The fraction of sp³-hybridized carbons (Fsp3) is 0.0833. The van der Waals surface area contributed by atoms with Gasteiger partial charge in [0, 0.05) is 23.1 Å². The monoisotopic (exact) mass is 459 g/mol. The summed E-state index contributed by atoms with van der Waals surface area (Å²) >= 11 is 5.93. The molecule has 33 heavy (non-hydrogen) atoms. The van der Waals surface area contributed by atoms with Crippen LogP contribution in [0.2, 0.25) is 5.02 Å². The Balaban J connectivity index is 1.35. The van der Waals surface area contributed by atoms with Crippen molar-refractivity contribution in [1.29, 1.82) is 0 Å². The molecule has 5 aromatic rings. The molecule has 0 saturated carbocycles. The summed E-state index contributed by atoms with van der Waals surface area (Å²) in [4.78, 5) is 37.2. The molecule has 8 nitrogen and oxygen atoms in total. The summed E-state index contributed by atoms with van der Waals surface area (Å²) in [5.41, 5.74) is 1.74. The lowest BCUT2D eigenvalue weighted by Gasteiger charge is -2.09. The lowest BCUT2D eigenvalue weighted by molar-refractivity contribution is 0.0995. The minimum absolute atomic E-state index is 0.169. The van der Waals surface area contributed by atoms with Gasteiger partial charge in [-0.05, 0) is 48.0 Å². The zero-order valence-corrected chi connectivity index (χ0v) is 18.0. The first-order chi connectivity index (χ1) is 16.0. The number of imidazole rings is 1. The molecule has 0 fully saturated rings. The summed E-state index contributed by atoms with van der Waals surface area (Å²) in [6.07, 6.45) is 5.35. The van der Waals surface area contributed by atoms with Gasteiger partial charge in [0.1, 0.15) is 11.6 Å². The van der Waals surface area contributed by atoms with E-state index in [0.29, 0.717) is 40.3 Å². The van der Waals surface area contributed by atoms with Crippen molar-refractivity contribution in [3.63, 3.8) is 0 Å². The van der Waals surface area contributed by atoms with Gasteiger partial charge in [-0.2, -0.15) is 0 Å². The van der Waals surface area contributed by atoms with Crippen LogP contribution in [0.4, 0.5) is 5.69 Å². The summed E-state index contributed by atoms with van der Waals surface area (Å²) in [6, 6.07) is 15.6. The van der Waals surface area contributed by atoms with Crippen LogP contribution in [-0.2, 0) is 13.0 Å². The van der Waals surface area contributed by atoms with E-state index in [1.165, 1.54) is 10.9 Å². The van der Waals surface area contributed by atoms with Crippen LogP contribution in [0.5, 0.6) is 0 Å². The average Bonchev–Trinajstić information content (AvgIpc) is 3.50. The van der Waals surface area contributed by atoms with E-state index in [4.69, 9.17) is 16.0 Å². The molecular weight excluding hydrogens is 442 g/mol. The summed E-state index contributed by atoms with van der Waals surface area (Å²) < 4.78 is 7.15. The first-order valence-electron chi connectivity index (χ1n) is 10.2. The number of aromatic amines is 1. The average molecular weight is 460 g/mol. The minimum Gasteiger partial charge on any atom is -0.455 e. The number of fused-ring (bicyclic) bond motifs is 1. The van der Waals surface area contributed by atoms with Crippen molar-refractivity contribution in [2.75, 3.05) is 5.32 Å². The summed E-state index contributed by atoms with van der Waals surface area (Å²) in [5.74, 6) is 1.12. The maximum atomic E-state index is 13.0. The Hall–Kier alpha value is -4.17. The molecule has 0 saturated heterocycles. The molecule has 3 aromatic heterocycles. The third-order valence-corrected chi connectivity index (χ3v) is 5.38. The zero-order chi connectivity index (χ0) is 22.8. The summed E-state index contributed by atoms with van der Waals surface area (Å²) in [6.45, 7) is 0.361. The van der Waals surface area contributed by atoms with Crippen LogP contribution in [0, 0.1) is 0 Å². The van der Waals surface area contributed by atoms with E-state index in [2.05, 4.69) is 20.3 Å². The summed E-state index contributed by atoms with van der Waals surface area (Å²) in [5, 5.41) is 3.82. The van der Waals surface area contributed by atoms with Crippen LogP contribution in [0.25, 0.3) is 10.9 Å². The normalized spacial score (nSPS) is 11.1. The van der Waals surface area contributed by atoms with Crippen molar-refractivity contribution in [2.24, 2.45) is 0 Å². The van der Waals surface area contributed by atoms with E-state index in [0.717, 1.165) is 11.4 Å². The Kier molecular flexibility index (Phi) is 5.50. The highest BCUT2D eigenvalue weighted by Gasteiger charge is 2.14. The Morgan fingerprint density at radius 1 is 1.09 bits per heavy atom. The van der Waals surface area contributed by atoms with Gasteiger partial charge in [-0.3, -0.25) is 14.2 Å². The maximum absolute atomic E-state index is 13.0. The number of H-pyrrole nitrogens is 1. The largest absolute Gasteiger partial charge is 0.455 e. The van der Waals surface area contributed by atoms with Crippen molar-refractivity contribution in [3.05, 3.63) is 112 Å². The third-order valence-electron chi connectivity index (χ3n) is 5.13. The fourth-order valence-electron chi connectivity index (χ4n) is 3.48. The second-order valence-electron chi connectivity index (χ2n) is 7.47. The Bertz CT molecular complexity index is 1490. The molecule has 2 aromatic carbocycles. The van der Waals surface area contributed by atoms with Crippen LogP contribution >= 0.6 is 11.6 Å². The second-order valence-corrected chi connectivity index (χ2v) is 7.91. The number of hydrogen-bond acceptors (Lipinski definition) is 5. The van der Waals surface area contributed by atoms with Gasteiger partial charge >= 0.3 is 0 Å². The Labute approximate surface area is 192 Å². The number of nitrogens with zero attached hydrogens (tertiary/aromatic N) is 3. The predicted molar refractivity (Wildman–Crippen MR) is 125 cm³/mol. The van der Waals surface area contributed by atoms with Crippen molar-refractivity contribution in [1.82, 2.24) is 19.5 Å². The van der Waals surface area contributed by atoms with Crippen LogP contribution < -0.4 is 10.9 Å². The molecule has 1 amide bonds. The first kappa shape index (κ1) is 20.7. The van der Waals surface area contributed by atoms with E-state index < -0.39 is 5.91 Å². The highest BCUT2D eigenvalue weighted by molar-refractivity contribution is 6.30. The topological polar surface area (TPSA) is 106 Å². The quantitative estimate of drug-likeness (QED) is 0.394. The van der Waals surface area contributed by atoms with Crippen molar-refractivity contribution in [3.8, 4) is 0 Å². The highest BCUT2D eigenvalue weighted by Crippen LogP contribution is 2.18. The molecule has 164 valence electrons. The fourth-order valence-corrected chi connectivity index (χ4v) is 3.61. The third kappa shape index (κ3) is 4.56. The number of hydrogen-bond donors (Lipinski definition) is 2. The van der Waals surface area contributed by atoms with Crippen LogP contribution in [0.1, 0.15) is 27.7 Å². The van der Waals surface area contributed by atoms with Gasteiger partial charge in [-0.1, -0.05) is 23.7 Å². The molecule has 0 unspecified atom stereocenters. The van der Waals surface area contributed by atoms with Crippen LogP contribution in [0.3, 0.4) is 0 Å². The molecule has 0 bridgehead atoms. The number of anilines is 1. The molecule has 3 heterocycles. The number of carbonyl (C=O) groups excluding carboxylic acids is 1. The molecule has 0 aliphatic rings. The van der Waals surface area contributed by atoms with E-state index in [1.54, 1.807) is 54.9 Å². The standard InChI is InChI=1S/C24H18ClN5O3/c25-16-3-1-15(2-4-16)13-30-14-28-20-7-5-17(11-19(20)24(30)32)29-23(31)21-8-6-18(33-21)12-22-26-9-10-27-22/h1-11,14H,12-13H2,(H,26,27)(H,29,31). The highest BCUT2D eigenvalue weighted by atomic mass is 35.5. The number of rotatable bonds is 6. The van der Waals surface area contributed by atoms with Crippen molar-refractivity contribution < 1.29 is 9.21 Å². The smallest absolute Gasteiger partial charge is 0.291 e. The van der Waals surface area contributed by atoms with E-state index in [-0.39, 0.29) is 11.3 Å². The minimum atomic E-state index is -0.412. The predicted octanol–water partition coefficient (Wildman–Crippen LogP) is 4.26. The molecule has 2 N–H and O–H groups in total. The number of aromatic nitrogens is 4. The molecular formula is C24H18ClN5O3. The number of halogens is 1.